The van der Waals surface area contributed by atoms with Gasteiger partial charge in [-0.3, -0.25) is 4.90 Å². The lowest BCUT2D eigenvalue weighted by Gasteiger charge is -2.29. The number of aromatic nitrogens is 2. The molecule has 0 amide bonds. The molecular formula is C8H14N4OS. The van der Waals surface area contributed by atoms with Gasteiger partial charge in [0, 0.05) is 25.1 Å². The van der Waals surface area contributed by atoms with Crippen LogP contribution >= 0.6 is 11.8 Å². The van der Waals surface area contributed by atoms with Gasteiger partial charge in [0.25, 0.3) is 0 Å². The van der Waals surface area contributed by atoms with E-state index in [1.807, 2.05) is 11.8 Å². The fourth-order valence-electron chi connectivity index (χ4n) is 1.43. The molecule has 1 saturated heterocycles. The molecule has 1 aliphatic heterocycles. The minimum absolute atomic E-state index is 0.291. The number of nitrogens with one attached hydrogen (secondary N) is 1. The molecule has 0 bridgehead atoms. The van der Waals surface area contributed by atoms with Crippen LogP contribution in [0.1, 0.15) is 11.9 Å². The molecule has 2 heterocycles. The van der Waals surface area contributed by atoms with Gasteiger partial charge in [-0.1, -0.05) is 5.16 Å². The zero-order chi connectivity index (χ0) is 9.97. The summed E-state index contributed by atoms with van der Waals surface area (Å²) in [5, 5.41) is 6.79. The predicted octanol–water partition coefficient (Wildman–Crippen LogP) is 0.831. The fourth-order valence-corrected chi connectivity index (χ4v) is 2.64. The molecule has 5 nitrogen and oxygen atoms in total. The van der Waals surface area contributed by atoms with E-state index in [-0.39, 0.29) is 0 Å². The average Bonchev–Trinajstić information content (AvgIpc) is 2.67. The Balaban J connectivity index is 2.12. The monoisotopic (exact) mass is 214 g/mol. The first-order valence-electron chi connectivity index (χ1n) is 4.60. The molecule has 1 aromatic heterocycles. The molecule has 1 fully saturated rings. The molecule has 2 rings (SSSR count). The summed E-state index contributed by atoms with van der Waals surface area (Å²) >= 11 is 1.93. The van der Waals surface area contributed by atoms with Crippen LogP contribution in [0, 0.1) is 0 Å². The lowest BCUT2D eigenvalue weighted by atomic mass is 10.3. The van der Waals surface area contributed by atoms with Crippen molar-refractivity contribution in [2.24, 2.45) is 0 Å². The van der Waals surface area contributed by atoms with Crippen LogP contribution in [0.4, 0.5) is 6.01 Å². The second kappa shape index (κ2) is 4.18. The van der Waals surface area contributed by atoms with E-state index >= 15 is 0 Å². The molecule has 1 atom stereocenters. The number of hydrogen-bond acceptors (Lipinski definition) is 6. The molecule has 6 heteroatoms. The topological polar surface area (TPSA) is 54.2 Å². The third-order valence-corrected chi connectivity index (χ3v) is 3.37. The third-order valence-electron chi connectivity index (χ3n) is 2.35. The molecule has 1 aromatic rings. The second-order valence-corrected chi connectivity index (χ2v) is 4.43. The summed E-state index contributed by atoms with van der Waals surface area (Å²) in [6.07, 6.45) is 0. The van der Waals surface area contributed by atoms with Gasteiger partial charge in [-0.2, -0.15) is 16.7 Å². The van der Waals surface area contributed by atoms with E-state index in [0.29, 0.717) is 12.1 Å². The van der Waals surface area contributed by atoms with Crippen molar-refractivity contribution in [3.63, 3.8) is 0 Å². The third kappa shape index (κ3) is 1.85. The second-order valence-electron chi connectivity index (χ2n) is 3.28. The highest BCUT2D eigenvalue weighted by molar-refractivity contribution is 7.99. The summed E-state index contributed by atoms with van der Waals surface area (Å²) in [7, 11) is 3.87. The lowest BCUT2D eigenvalue weighted by molar-refractivity contribution is 0.257. The molecule has 0 aromatic carbocycles. The number of hydrogen-bond donors (Lipinski definition) is 1. The van der Waals surface area contributed by atoms with Gasteiger partial charge in [-0.15, -0.1) is 0 Å². The molecule has 1 unspecified atom stereocenters. The number of nitrogens with zero attached hydrogens (tertiary/aromatic N) is 3. The van der Waals surface area contributed by atoms with Crippen molar-refractivity contribution in [2.75, 3.05) is 37.5 Å². The van der Waals surface area contributed by atoms with E-state index in [1.54, 1.807) is 7.05 Å². The molecule has 78 valence electrons. The van der Waals surface area contributed by atoms with E-state index in [0.717, 1.165) is 18.1 Å². The van der Waals surface area contributed by atoms with Gasteiger partial charge in [-0.25, -0.2) is 0 Å². The number of rotatable bonds is 2. The average molecular weight is 214 g/mol. The standard InChI is InChI=1S/C8H14N4OS/c1-9-8-10-7(11-13-8)6-5-14-4-3-12(6)2/h6H,3-5H2,1-2H3,(H,9,10,11). The highest BCUT2D eigenvalue weighted by Crippen LogP contribution is 2.26. The van der Waals surface area contributed by atoms with E-state index < -0.39 is 0 Å². The number of thioether (sulfide) groups is 1. The summed E-state index contributed by atoms with van der Waals surface area (Å²) in [6, 6.07) is 0.781. The molecule has 1 aliphatic rings. The van der Waals surface area contributed by atoms with E-state index in [4.69, 9.17) is 4.52 Å². The van der Waals surface area contributed by atoms with Crippen LogP contribution in [0.2, 0.25) is 0 Å². The Bertz CT molecular complexity index is 303. The lowest BCUT2D eigenvalue weighted by Crippen LogP contribution is -2.33. The highest BCUT2D eigenvalue weighted by atomic mass is 32.2. The van der Waals surface area contributed by atoms with Crippen molar-refractivity contribution in [1.82, 2.24) is 15.0 Å². The Morgan fingerprint density at radius 1 is 1.64 bits per heavy atom. The van der Waals surface area contributed by atoms with Gasteiger partial charge in [0.1, 0.15) is 0 Å². The predicted molar refractivity (Wildman–Crippen MR) is 56.5 cm³/mol. The Morgan fingerprint density at radius 2 is 2.50 bits per heavy atom. The number of anilines is 1. The molecule has 0 aliphatic carbocycles. The van der Waals surface area contributed by atoms with Gasteiger partial charge in [0.15, 0.2) is 5.82 Å². The van der Waals surface area contributed by atoms with Crippen molar-refractivity contribution in [3.05, 3.63) is 5.82 Å². The van der Waals surface area contributed by atoms with Crippen LogP contribution in [-0.4, -0.2) is 47.2 Å². The Kier molecular flexibility index (Phi) is 2.93. The van der Waals surface area contributed by atoms with Crippen LogP contribution in [-0.2, 0) is 0 Å². The summed E-state index contributed by atoms with van der Waals surface area (Å²) in [4.78, 5) is 6.52. The Morgan fingerprint density at radius 3 is 3.14 bits per heavy atom. The zero-order valence-electron chi connectivity index (χ0n) is 8.36. The Hall–Kier alpha value is -0.750. The minimum Gasteiger partial charge on any atom is -0.341 e. The summed E-state index contributed by atoms with van der Waals surface area (Å²) in [5.41, 5.74) is 0. The van der Waals surface area contributed by atoms with E-state index in [2.05, 4.69) is 27.4 Å². The zero-order valence-corrected chi connectivity index (χ0v) is 9.17. The minimum atomic E-state index is 0.291. The smallest absolute Gasteiger partial charge is 0.321 e. The highest BCUT2D eigenvalue weighted by Gasteiger charge is 2.25. The summed E-state index contributed by atoms with van der Waals surface area (Å²) in [5.74, 6) is 3.01. The largest absolute Gasteiger partial charge is 0.341 e. The molecule has 0 spiro atoms. The van der Waals surface area contributed by atoms with Crippen LogP contribution in [0.3, 0.4) is 0 Å². The van der Waals surface area contributed by atoms with E-state index in [1.165, 1.54) is 5.75 Å². The molecule has 0 saturated carbocycles. The van der Waals surface area contributed by atoms with Gasteiger partial charge >= 0.3 is 6.01 Å². The molecular weight excluding hydrogens is 200 g/mol. The fraction of sp³-hybridized carbons (Fsp3) is 0.750. The summed E-state index contributed by atoms with van der Waals surface area (Å²) in [6.45, 7) is 1.08. The van der Waals surface area contributed by atoms with Gasteiger partial charge < -0.3 is 9.84 Å². The van der Waals surface area contributed by atoms with Crippen LogP contribution in [0.15, 0.2) is 4.52 Å². The molecule has 14 heavy (non-hydrogen) atoms. The van der Waals surface area contributed by atoms with Crippen molar-refractivity contribution >= 4 is 17.8 Å². The normalized spacial score (nSPS) is 23.7. The summed E-state index contributed by atoms with van der Waals surface area (Å²) < 4.78 is 5.01. The van der Waals surface area contributed by atoms with E-state index in [9.17, 15) is 0 Å². The van der Waals surface area contributed by atoms with Crippen LogP contribution in [0.5, 0.6) is 0 Å². The van der Waals surface area contributed by atoms with Crippen molar-refractivity contribution < 1.29 is 4.52 Å². The Labute approximate surface area is 87.2 Å². The van der Waals surface area contributed by atoms with Gasteiger partial charge in [0.05, 0.1) is 6.04 Å². The van der Waals surface area contributed by atoms with Gasteiger partial charge in [0.2, 0.25) is 0 Å². The van der Waals surface area contributed by atoms with Crippen molar-refractivity contribution in [1.29, 1.82) is 0 Å². The maximum Gasteiger partial charge on any atom is 0.321 e. The first-order valence-corrected chi connectivity index (χ1v) is 5.76. The first-order chi connectivity index (χ1) is 6.81. The van der Waals surface area contributed by atoms with Gasteiger partial charge in [-0.05, 0) is 7.05 Å². The van der Waals surface area contributed by atoms with Crippen LogP contribution in [0.25, 0.3) is 0 Å². The molecule has 0 radical (unpaired) electrons. The molecule has 1 N–H and O–H groups in total. The van der Waals surface area contributed by atoms with Crippen LogP contribution < -0.4 is 5.32 Å². The van der Waals surface area contributed by atoms with Crippen molar-refractivity contribution in [2.45, 2.75) is 6.04 Å². The quantitative estimate of drug-likeness (QED) is 0.787. The maximum atomic E-state index is 5.01. The SMILES string of the molecule is CNc1nc(C2CSCCN2C)no1. The first kappa shape index (κ1) is 9.79. The maximum absolute atomic E-state index is 5.01. The van der Waals surface area contributed by atoms with Crippen molar-refractivity contribution in [3.8, 4) is 0 Å².